The summed E-state index contributed by atoms with van der Waals surface area (Å²) in [6.45, 7) is 6.51. The first-order valence-electron chi connectivity index (χ1n) is 9.30. The van der Waals surface area contributed by atoms with Gasteiger partial charge in [0.2, 0.25) is 5.91 Å². The van der Waals surface area contributed by atoms with E-state index in [1.807, 2.05) is 25.9 Å². The van der Waals surface area contributed by atoms with Gasteiger partial charge in [-0.25, -0.2) is 0 Å². The van der Waals surface area contributed by atoms with Gasteiger partial charge in [0.1, 0.15) is 6.10 Å². The van der Waals surface area contributed by atoms with Crippen molar-refractivity contribution in [2.45, 2.75) is 32.3 Å². The smallest absolute Gasteiger partial charge is 0.236 e. The fourth-order valence-corrected chi connectivity index (χ4v) is 3.56. The normalized spacial score (nSPS) is 22.0. The zero-order chi connectivity index (χ0) is 17.8. The van der Waals surface area contributed by atoms with Crippen molar-refractivity contribution < 1.29 is 9.53 Å². The van der Waals surface area contributed by atoms with Gasteiger partial charge >= 0.3 is 0 Å². The van der Waals surface area contributed by atoms with E-state index in [2.05, 4.69) is 26.9 Å². The van der Waals surface area contributed by atoms with Crippen LogP contribution in [-0.2, 0) is 9.53 Å². The summed E-state index contributed by atoms with van der Waals surface area (Å²) in [5.41, 5.74) is 3.08. The Hall–Kier alpha value is -1.66. The van der Waals surface area contributed by atoms with Crippen LogP contribution in [0.15, 0.2) is 12.1 Å². The van der Waals surface area contributed by atoms with Crippen molar-refractivity contribution in [3.63, 3.8) is 0 Å². The number of likely N-dealkylation sites (tertiary alicyclic amines) is 1. The average Bonchev–Trinajstić information content (AvgIpc) is 2.62. The van der Waals surface area contributed by atoms with Crippen LogP contribution < -0.4 is 4.90 Å². The molecular formula is C19H30N4O2. The molecule has 3 rings (SSSR count). The number of rotatable bonds is 4. The van der Waals surface area contributed by atoms with Crippen LogP contribution in [0.4, 0.5) is 5.69 Å². The molecule has 2 saturated heterocycles. The van der Waals surface area contributed by atoms with Crippen LogP contribution in [0.1, 0.15) is 36.8 Å². The molecule has 2 fully saturated rings. The van der Waals surface area contributed by atoms with Crippen molar-refractivity contribution >= 4 is 11.6 Å². The molecule has 3 heterocycles. The molecule has 0 saturated carbocycles. The molecule has 1 aromatic rings. The Morgan fingerprint density at radius 3 is 2.72 bits per heavy atom. The van der Waals surface area contributed by atoms with Gasteiger partial charge in [0, 0.05) is 51.7 Å². The lowest BCUT2D eigenvalue weighted by Gasteiger charge is -2.35. The molecule has 0 bridgehead atoms. The number of carbonyl (C=O) groups is 1. The summed E-state index contributed by atoms with van der Waals surface area (Å²) in [4.78, 5) is 23.5. The van der Waals surface area contributed by atoms with E-state index >= 15 is 0 Å². The van der Waals surface area contributed by atoms with Crippen molar-refractivity contribution in [3.05, 3.63) is 23.5 Å². The fraction of sp³-hybridized carbons (Fsp3) is 0.684. The summed E-state index contributed by atoms with van der Waals surface area (Å²) < 4.78 is 5.96. The van der Waals surface area contributed by atoms with Gasteiger partial charge in [-0.3, -0.25) is 14.7 Å². The van der Waals surface area contributed by atoms with Crippen LogP contribution in [-0.4, -0.2) is 74.1 Å². The summed E-state index contributed by atoms with van der Waals surface area (Å²) in [7, 11) is 4.06. The predicted octanol–water partition coefficient (Wildman–Crippen LogP) is 1.84. The number of nitrogens with zero attached hydrogens (tertiary/aromatic N) is 4. The minimum Gasteiger partial charge on any atom is -0.378 e. The van der Waals surface area contributed by atoms with Crippen molar-refractivity contribution in [1.29, 1.82) is 0 Å². The van der Waals surface area contributed by atoms with E-state index < -0.39 is 0 Å². The summed E-state index contributed by atoms with van der Waals surface area (Å²) in [5, 5.41) is 0. The predicted molar refractivity (Wildman–Crippen MR) is 98.9 cm³/mol. The summed E-state index contributed by atoms with van der Waals surface area (Å²) >= 11 is 0. The summed E-state index contributed by atoms with van der Waals surface area (Å²) in [5.74, 6) is 0.256. The van der Waals surface area contributed by atoms with Gasteiger partial charge in [0.25, 0.3) is 0 Å². The SMILES string of the molecule is Cc1cc(N(C)C)cc([C@H]2CN(CC(=O)N3CCCCC3)CCO2)n1. The first kappa shape index (κ1) is 18.1. The van der Waals surface area contributed by atoms with Gasteiger partial charge in [0.05, 0.1) is 18.8 Å². The van der Waals surface area contributed by atoms with E-state index in [1.165, 1.54) is 6.42 Å². The maximum absolute atomic E-state index is 12.5. The molecule has 1 atom stereocenters. The van der Waals surface area contributed by atoms with Crippen LogP contribution in [0, 0.1) is 6.92 Å². The molecule has 1 amide bonds. The molecule has 0 radical (unpaired) electrons. The molecule has 6 heteroatoms. The molecular weight excluding hydrogens is 316 g/mol. The number of aromatic nitrogens is 1. The highest BCUT2D eigenvalue weighted by molar-refractivity contribution is 5.78. The first-order chi connectivity index (χ1) is 12.0. The highest BCUT2D eigenvalue weighted by atomic mass is 16.5. The number of aryl methyl sites for hydroxylation is 1. The Morgan fingerprint density at radius 2 is 2.00 bits per heavy atom. The Balaban J connectivity index is 1.64. The molecule has 2 aliphatic rings. The number of pyridine rings is 1. The van der Waals surface area contributed by atoms with Gasteiger partial charge in [-0.05, 0) is 38.3 Å². The quantitative estimate of drug-likeness (QED) is 0.833. The minimum atomic E-state index is -0.0681. The van der Waals surface area contributed by atoms with Crippen molar-refractivity contribution in [1.82, 2.24) is 14.8 Å². The summed E-state index contributed by atoms with van der Waals surface area (Å²) in [6, 6.07) is 4.16. The Labute approximate surface area is 150 Å². The second kappa shape index (κ2) is 8.15. The lowest BCUT2D eigenvalue weighted by molar-refractivity contribution is -0.135. The molecule has 0 aromatic carbocycles. The number of morpholine rings is 1. The van der Waals surface area contributed by atoms with Gasteiger partial charge in [-0.15, -0.1) is 0 Å². The number of piperidine rings is 1. The third kappa shape index (κ3) is 4.70. The molecule has 0 unspecified atom stereocenters. The third-order valence-corrected chi connectivity index (χ3v) is 5.02. The van der Waals surface area contributed by atoms with Crippen LogP contribution >= 0.6 is 0 Å². The van der Waals surface area contributed by atoms with E-state index in [0.29, 0.717) is 13.2 Å². The Kier molecular flexibility index (Phi) is 5.91. The van der Waals surface area contributed by atoms with E-state index in [0.717, 1.165) is 56.1 Å². The second-order valence-electron chi connectivity index (χ2n) is 7.32. The molecule has 6 nitrogen and oxygen atoms in total. The highest BCUT2D eigenvalue weighted by Crippen LogP contribution is 2.25. The number of carbonyl (C=O) groups excluding carboxylic acids is 1. The highest BCUT2D eigenvalue weighted by Gasteiger charge is 2.27. The molecule has 0 aliphatic carbocycles. The largest absolute Gasteiger partial charge is 0.378 e. The monoisotopic (exact) mass is 346 g/mol. The number of hydrogen-bond donors (Lipinski definition) is 0. The van der Waals surface area contributed by atoms with Crippen molar-refractivity contribution in [2.24, 2.45) is 0 Å². The van der Waals surface area contributed by atoms with Crippen LogP contribution in [0.2, 0.25) is 0 Å². The van der Waals surface area contributed by atoms with Crippen LogP contribution in [0.5, 0.6) is 0 Å². The van der Waals surface area contributed by atoms with Crippen molar-refractivity contribution in [2.75, 3.05) is 58.3 Å². The third-order valence-electron chi connectivity index (χ3n) is 5.02. The molecule has 2 aliphatic heterocycles. The molecule has 1 aromatic heterocycles. The van der Waals surface area contributed by atoms with Gasteiger partial charge in [-0.1, -0.05) is 0 Å². The molecule has 0 spiro atoms. The Morgan fingerprint density at radius 1 is 1.24 bits per heavy atom. The topological polar surface area (TPSA) is 48.9 Å². The lowest BCUT2D eigenvalue weighted by Crippen LogP contribution is -2.47. The fourth-order valence-electron chi connectivity index (χ4n) is 3.56. The number of ether oxygens (including phenoxy) is 1. The number of amides is 1. The zero-order valence-corrected chi connectivity index (χ0v) is 15.7. The van der Waals surface area contributed by atoms with E-state index in [1.54, 1.807) is 0 Å². The molecule has 25 heavy (non-hydrogen) atoms. The van der Waals surface area contributed by atoms with E-state index in [-0.39, 0.29) is 12.0 Å². The lowest BCUT2D eigenvalue weighted by atomic mass is 10.1. The standard InChI is InChI=1S/C19H30N4O2/c1-15-11-16(21(2)3)12-17(20-15)18-13-22(9-10-25-18)14-19(24)23-7-5-4-6-8-23/h11-12,18H,4-10,13-14H2,1-3H3/t18-/m1/s1. The minimum absolute atomic E-state index is 0.0681. The van der Waals surface area contributed by atoms with Gasteiger partial charge in [0.15, 0.2) is 0 Å². The molecule has 0 N–H and O–H groups in total. The summed E-state index contributed by atoms with van der Waals surface area (Å²) in [6.07, 6.45) is 3.45. The van der Waals surface area contributed by atoms with Gasteiger partial charge in [-0.2, -0.15) is 0 Å². The van der Waals surface area contributed by atoms with E-state index in [9.17, 15) is 4.79 Å². The van der Waals surface area contributed by atoms with Crippen LogP contribution in [0.25, 0.3) is 0 Å². The van der Waals surface area contributed by atoms with Crippen LogP contribution in [0.3, 0.4) is 0 Å². The zero-order valence-electron chi connectivity index (χ0n) is 15.7. The van der Waals surface area contributed by atoms with Gasteiger partial charge < -0.3 is 14.5 Å². The maximum Gasteiger partial charge on any atom is 0.236 e. The average molecular weight is 346 g/mol. The Bertz CT molecular complexity index is 599. The maximum atomic E-state index is 12.5. The number of hydrogen-bond acceptors (Lipinski definition) is 5. The van der Waals surface area contributed by atoms with E-state index in [4.69, 9.17) is 4.74 Å². The second-order valence-corrected chi connectivity index (χ2v) is 7.32. The molecule has 138 valence electrons. The van der Waals surface area contributed by atoms with Crippen molar-refractivity contribution in [3.8, 4) is 0 Å². The first-order valence-corrected chi connectivity index (χ1v) is 9.30. The number of anilines is 1.